The van der Waals surface area contributed by atoms with Crippen LogP contribution >= 0.6 is 0 Å². The largest absolute Gasteiger partial charge is 0.507 e. The molecule has 11 nitrogen and oxygen atoms in total. The molecule has 3 aromatic rings. The number of phenolic OH excluding ortho intramolecular Hbond substituents is 1. The highest BCUT2D eigenvalue weighted by atomic mass is 32.2. The van der Waals surface area contributed by atoms with Crippen molar-refractivity contribution in [1.82, 2.24) is 4.72 Å². The molecule has 6 N–H and O–H groups in total. The van der Waals surface area contributed by atoms with Crippen LogP contribution in [0.3, 0.4) is 0 Å². The third-order valence-electron chi connectivity index (χ3n) is 5.68. The fraction of sp³-hybridized carbons (Fsp3) is 0.231. The number of carbonyl (C=O) groups is 1. The van der Waals surface area contributed by atoms with Crippen molar-refractivity contribution in [3.63, 3.8) is 0 Å². The summed E-state index contributed by atoms with van der Waals surface area (Å²) in [6, 6.07) is 15.2. The molecule has 0 saturated heterocycles. The van der Waals surface area contributed by atoms with Crippen molar-refractivity contribution >= 4 is 37.4 Å². The van der Waals surface area contributed by atoms with E-state index >= 15 is 0 Å². The van der Waals surface area contributed by atoms with Crippen LogP contribution in [0, 0.1) is 5.41 Å². The van der Waals surface area contributed by atoms with E-state index in [1.807, 2.05) is 0 Å². The summed E-state index contributed by atoms with van der Waals surface area (Å²) in [5, 5.41) is 20.6. The maximum Gasteiger partial charge on any atom is 0.325 e. The number of rotatable bonds is 12. The molecule has 0 atom stereocenters. The van der Waals surface area contributed by atoms with Crippen molar-refractivity contribution in [1.29, 1.82) is 5.41 Å². The second-order valence-corrected chi connectivity index (χ2v) is 12.3. The van der Waals surface area contributed by atoms with Crippen LogP contribution in [0.4, 0.5) is 5.69 Å². The average Bonchev–Trinajstić information content (AvgIpc) is 2.87. The van der Waals surface area contributed by atoms with Gasteiger partial charge in [0.15, 0.2) is 9.84 Å². The number of nitrogens with two attached hydrogens (primary N) is 1. The van der Waals surface area contributed by atoms with Crippen LogP contribution < -0.4 is 15.8 Å². The van der Waals surface area contributed by atoms with E-state index in [1.165, 1.54) is 12.1 Å². The van der Waals surface area contributed by atoms with Crippen LogP contribution in [0.5, 0.6) is 5.75 Å². The molecule has 0 bridgehead atoms. The number of sulfone groups is 1. The minimum absolute atomic E-state index is 0.0700. The first-order valence-corrected chi connectivity index (χ1v) is 15.2. The highest BCUT2D eigenvalue weighted by molar-refractivity contribution is 7.91. The Morgan fingerprint density at radius 3 is 2.41 bits per heavy atom. The Labute approximate surface area is 227 Å². The van der Waals surface area contributed by atoms with E-state index in [0.717, 1.165) is 18.4 Å². The number of benzene rings is 3. The molecule has 0 aromatic heterocycles. The molecule has 0 spiro atoms. The maximum atomic E-state index is 12.8. The molecule has 13 heteroatoms. The lowest BCUT2D eigenvalue weighted by molar-refractivity contribution is -0.140. The van der Waals surface area contributed by atoms with E-state index in [0.29, 0.717) is 22.4 Å². The molecule has 0 aliphatic carbocycles. The number of nitrogen functional groups attached to an aromatic ring is 1. The zero-order valence-corrected chi connectivity index (χ0v) is 23.0. The van der Waals surface area contributed by atoms with E-state index < -0.39 is 36.5 Å². The predicted molar refractivity (Wildman–Crippen MR) is 148 cm³/mol. The maximum absolute atomic E-state index is 12.8. The number of hydrogen-bond donors (Lipinski definition) is 5. The summed E-state index contributed by atoms with van der Waals surface area (Å²) in [6.45, 7) is 1.66. The molecular weight excluding hydrogens is 544 g/mol. The van der Waals surface area contributed by atoms with Gasteiger partial charge in [-0.1, -0.05) is 30.3 Å². The van der Waals surface area contributed by atoms with Crippen molar-refractivity contribution in [2.75, 3.05) is 31.3 Å². The lowest BCUT2D eigenvalue weighted by Crippen LogP contribution is -2.27. The Hall–Kier alpha value is -3.94. The molecule has 0 unspecified atom stereocenters. The van der Waals surface area contributed by atoms with Crippen LogP contribution in [-0.2, 0) is 35.8 Å². The lowest BCUT2D eigenvalue weighted by atomic mass is 10.0. The summed E-state index contributed by atoms with van der Waals surface area (Å²) in [6.07, 6.45) is 1.31. The standard InChI is InChI=1S/C26H30N4O7S2/c1-3-37-25(32)16-29-21-14-18(20-6-4-5-7-23(20)38(2,33)34)9-8-17(21)12-13-30-39(35,36)24-15-19(26(27)28)10-11-22(24)31/h4-11,14-15,29-31H,3,12-13,16H2,1-2H3,(H3,27,28). The van der Waals surface area contributed by atoms with Crippen LogP contribution in [0.2, 0.25) is 0 Å². The fourth-order valence-electron chi connectivity index (χ4n) is 3.83. The summed E-state index contributed by atoms with van der Waals surface area (Å²) >= 11 is 0. The Balaban J connectivity index is 1.89. The quantitative estimate of drug-likeness (QED) is 0.123. The SMILES string of the molecule is CCOC(=O)CNc1cc(-c2ccccc2S(C)(=O)=O)ccc1CCNS(=O)(=O)c1cc(C(=N)N)ccc1O. The van der Waals surface area contributed by atoms with Gasteiger partial charge in [-0.25, -0.2) is 21.6 Å². The fourth-order valence-corrected chi connectivity index (χ4v) is 5.89. The van der Waals surface area contributed by atoms with Gasteiger partial charge < -0.3 is 20.9 Å². The van der Waals surface area contributed by atoms with E-state index in [4.69, 9.17) is 15.9 Å². The Bertz CT molecular complexity index is 1600. The molecule has 0 heterocycles. The molecule has 0 aliphatic heterocycles. The van der Waals surface area contributed by atoms with Gasteiger partial charge in [-0.05, 0) is 54.8 Å². The molecule has 39 heavy (non-hydrogen) atoms. The van der Waals surface area contributed by atoms with Crippen LogP contribution in [0.15, 0.2) is 70.5 Å². The zero-order valence-electron chi connectivity index (χ0n) is 21.4. The summed E-state index contributed by atoms with van der Waals surface area (Å²) in [7, 11) is -7.67. The monoisotopic (exact) mass is 574 g/mol. The number of sulfonamides is 1. The molecule has 3 rings (SSSR count). The molecule has 3 aromatic carbocycles. The van der Waals surface area contributed by atoms with Crippen molar-refractivity contribution in [3.8, 4) is 16.9 Å². The van der Waals surface area contributed by atoms with E-state index in [1.54, 1.807) is 43.3 Å². The van der Waals surface area contributed by atoms with E-state index in [-0.39, 0.29) is 42.4 Å². The van der Waals surface area contributed by atoms with Gasteiger partial charge in [-0.2, -0.15) is 0 Å². The Morgan fingerprint density at radius 2 is 1.74 bits per heavy atom. The summed E-state index contributed by atoms with van der Waals surface area (Å²) < 4.78 is 57.7. The van der Waals surface area contributed by atoms with Crippen LogP contribution in [0.1, 0.15) is 18.1 Å². The molecule has 0 amide bonds. The highest BCUT2D eigenvalue weighted by Gasteiger charge is 2.20. The van der Waals surface area contributed by atoms with Crippen molar-refractivity contribution in [2.24, 2.45) is 5.73 Å². The molecule has 0 radical (unpaired) electrons. The summed E-state index contributed by atoms with van der Waals surface area (Å²) in [5.74, 6) is -1.33. The highest BCUT2D eigenvalue weighted by Crippen LogP contribution is 2.31. The molecular formula is C26H30N4O7S2. The minimum Gasteiger partial charge on any atom is -0.507 e. The summed E-state index contributed by atoms with van der Waals surface area (Å²) in [4.78, 5) is 11.7. The lowest BCUT2D eigenvalue weighted by Gasteiger charge is -2.16. The number of phenols is 1. The topological polar surface area (TPSA) is 189 Å². The minimum atomic E-state index is -4.15. The second-order valence-electron chi connectivity index (χ2n) is 8.54. The van der Waals surface area contributed by atoms with Gasteiger partial charge in [0.2, 0.25) is 10.0 Å². The zero-order chi connectivity index (χ0) is 28.8. The first-order valence-electron chi connectivity index (χ1n) is 11.8. The number of carbonyl (C=O) groups excluding carboxylic acids is 1. The number of ether oxygens (including phenoxy) is 1. The second kappa shape index (κ2) is 12.3. The van der Waals surface area contributed by atoms with Crippen molar-refractivity contribution in [3.05, 3.63) is 71.8 Å². The summed E-state index contributed by atoms with van der Waals surface area (Å²) in [5.41, 5.74) is 7.77. The van der Waals surface area contributed by atoms with Gasteiger partial charge in [0.25, 0.3) is 0 Å². The predicted octanol–water partition coefficient (Wildman–Crippen LogP) is 2.24. The number of aromatic hydroxyl groups is 1. The number of hydrogen-bond acceptors (Lipinski definition) is 9. The first kappa shape index (κ1) is 29.6. The van der Waals surface area contributed by atoms with E-state index in [2.05, 4.69) is 10.0 Å². The van der Waals surface area contributed by atoms with Crippen molar-refractivity contribution in [2.45, 2.75) is 23.1 Å². The smallest absolute Gasteiger partial charge is 0.325 e. The first-order chi connectivity index (χ1) is 18.3. The molecule has 208 valence electrons. The van der Waals surface area contributed by atoms with Gasteiger partial charge in [0.1, 0.15) is 23.0 Å². The third kappa shape index (κ3) is 7.56. The average molecular weight is 575 g/mol. The Kier molecular flexibility index (Phi) is 9.32. The number of esters is 1. The number of nitrogens with one attached hydrogen (secondary N) is 3. The van der Waals surface area contributed by atoms with Gasteiger partial charge in [-0.15, -0.1) is 0 Å². The Morgan fingerprint density at radius 1 is 1.03 bits per heavy atom. The van der Waals surface area contributed by atoms with Gasteiger partial charge in [-0.3, -0.25) is 10.2 Å². The molecule has 0 aliphatic rings. The van der Waals surface area contributed by atoms with Gasteiger partial charge in [0.05, 0.1) is 11.5 Å². The van der Waals surface area contributed by atoms with Crippen LogP contribution in [0.25, 0.3) is 11.1 Å². The van der Waals surface area contributed by atoms with Gasteiger partial charge in [0, 0.05) is 29.6 Å². The van der Waals surface area contributed by atoms with Crippen LogP contribution in [-0.4, -0.2) is 59.7 Å². The molecule has 0 fully saturated rings. The normalized spacial score (nSPS) is 11.6. The number of amidine groups is 1. The van der Waals surface area contributed by atoms with Crippen molar-refractivity contribution < 1.29 is 31.5 Å². The van der Waals surface area contributed by atoms with Gasteiger partial charge >= 0.3 is 5.97 Å². The molecule has 0 saturated carbocycles. The number of anilines is 1. The van der Waals surface area contributed by atoms with E-state index in [9.17, 15) is 26.7 Å². The third-order valence-corrected chi connectivity index (χ3v) is 8.33.